The predicted octanol–water partition coefficient (Wildman–Crippen LogP) is 2.81. The van der Waals surface area contributed by atoms with Crippen molar-refractivity contribution >= 4 is 11.8 Å². The highest BCUT2D eigenvalue weighted by atomic mass is 16.6. The maximum absolute atomic E-state index is 12.0. The van der Waals surface area contributed by atoms with Gasteiger partial charge in [0.05, 0.1) is 5.56 Å². The first kappa shape index (κ1) is 16.1. The van der Waals surface area contributed by atoms with E-state index < -0.39 is 12.1 Å². The fourth-order valence-electron chi connectivity index (χ4n) is 2.58. The van der Waals surface area contributed by atoms with E-state index in [1.807, 2.05) is 24.3 Å². The van der Waals surface area contributed by atoms with Crippen LogP contribution >= 0.6 is 0 Å². The number of hydrogen-bond donors (Lipinski definition) is 0. The SMILES string of the molecule is CC(=O)c1ccccc1OCCOC(=O)[C@H]1Cc2ccccc2O1. The molecule has 1 atom stereocenters. The van der Waals surface area contributed by atoms with Gasteiger partial charge in [0.15, 0.2) is 11.9 Å². The van der Waals surface area contributed by atoms with Crippen LogP contribution in [0.15, 0.2) is 48.5 Å². The average molecular weight is 326 g/mol. The summed E-state index contributed by atoms with van der Waals surface area (Å²) in [6.07, 6.45) is -0.0878. The lowest BCUT2D eigenvalue weighted by Gasteiger charge is -2.12. The fraction of sp³-hybridized carbons (Fsp3) is 0.263. The predicted molar refractivity (Wildman–Crippen MR) is 87.5 cm³/mol. The molecule has 1 aliphatic rings. The normalized spacial score (nSPS) is 15.3. The standard InChI is InChI=1S/C19H18O5/c1-13(20)15-7-3-5-9-17(15)22-10-11-23-19(21)18-12-14-6-2-4-8-16(14)24-18/h2-9,18H,10-12H2,1H3/t18-/m1/s1. The molecule has 124 valence electrons. The molecule has 24 heavy (non-hydrogen) atoms. The fourth-order valence-corrected chi connectivity index (χ4v) is 2.58. The number of carbonyl (C=O) groups is 2. The van der Waals surface area contributed by atoms with Gasteiger partial charge < -0.3 is 14.2 Å². The molecule has 1 heterocycles. The summed E-state index contributed by atoms with van der Waals surface area (Å²) in [5.74, 6) is 0.742. The van der Waals surface area contributed by atoms with Gasteiger partial charge in [-0.3, -0.25) is 4.79 Å². The second kappa shape index (κ2) is 7.17. The molecule has 5 heteroatoms. The maximum atomic E-state index is 12.0. The largest absolute Gasteiger partial charge is 0.489 e. The Balaban J connectivity index is 1.46. The van der Waals surface area contributed by atoms with E-state index in [2.05, 4.69) is 0 Å². The van der Waals surface area contributed by atoms with Crippen molar-refractivity contribution in [1.82, 2.24) is 0 Å². The van der Waals surface area contributed by atoms with Gasteiger partial charge in [0, 0.05) is 6.42 Å². The molecule has 3 rings (SSSR count). The zero-order valence-electron chi connectivity index (χ0n) is 13.4. The first-order valence-electron chi connectivity index (χ1n) is 7.79. The van der Waals surface area contributed by atoms with E-state index in [9.17, 15) is 9.59 Å². The van der Waals surface area contributed by atoms with Crippen molar-refractivity contribution in [2.45, 2.75) is 19.4 Å². The first-order valence-corrected chi connectivity index (χ1v) is 7.79. The van der Waals surface area contributed by atoms with Crippen molar-refractivity contribution in [1.29, 1.82) is 0 Å². The molecule has 2 aromatic carbocycles. The van der Waals surface area contributed by atoms with Crippen LogP contribution in [0.1, 0.15) is 22.8 Å². The van der Waals surface area contributed by atoms with Crippen LogP contribution < -0.4 is 9.47 Å². The van der Waals surface area contributed by atoms with Crippen LogP contribution in [-0.4, -0.2) is 31.1 Å². The van der Waals surface area contributed by atoms with Crippen molar-refractivity contribution in [3.63, 3.8) is 0 Å². The quantitative estimate of drug-likeness (QED) is 0.464. The maximum Gasteiger partial charge on any atom is 0.347 e. The van der Waals surface area contributed by atoms with Gasteiger partial charge in [0.1, 0.15) is 24.7 Å². The number of hydrogen-bond acceptors (Lipinski definition) is 5. The van der Waals surface area contributed by atoms with Gasteiger partial charge in [-0.1, -0.05) is 30.3 Å². The van der Waals surface area contributed by atoms with Crippen LogP contribution in [0.2, 0.25) is 0 Å². The summed E-state index contributed by atoms with van der Waals surface area (Å²) in [5.41, 5.74) is 1.52. The zero-order valence-corrected chi connectivity index (χ0v) is 13.4. The Hall–Kier alpha value is -2.82. The molecule has 5 nitrogen and oxygen atoms in total. The highest BCUT2D eigenvalue weighted by Gasteiger charge is 2.29. The average Bonchev–Trinajstić information content (AvgIpc) is 3.03. The van der Waals surface area contributed by atoms with Crippen molar-refractivity contribution in [2.75, 3.05) is 13.2 Å². The summed E-state index contributed by atoms with van der Waals surface area (Å²) in [6, 6.07) is 14.5. The van der Waals surface area contributed by atoms with Crippen LogP contribution in [0.4, 0.5) is 0 Å². The van der Waals surface area contributed by atoms with E-state index >= 15 is 0 Å². The lowest BCUT2D eigenvalue weighted by atomic mass is 10.1. The molecule has 2 aromatic rings. The Kier molecular flexibility index (Phi) is 4.79. The molecule has 0 fully saturated rings. The van der Waals surface area contributed by atoms with Gasteiger partial charge in [-0.25, -0.2) is 4.79 Å². The number of Topliss-reactive ketones (excluding diaryl/α,β-unsaturated/α-hetero) is 1. The molecular formula is C19H18O5. The number of rotatable bonds is 6. The lowest BCUT2D eigenvalue weighted by molar-refractivity contribution is -0.151. The molecule has 0 saturated heterocycles. The van der Waals surface area contributed by atoms with Gasteiger partial charge in [-0.2, -0.15) is 0 Å². The molecule has 0 radical (unpaired) electrons. The topological polar surface area (TPSA) is 61.8 Å². The van der Waals surface area contributed by atoms with Crippen molar-refractivity contribution in [3.05, 3.63) is 59.7 Å². The van der Waals surface area contributed by atoms with Crippen LogP contribution in [0.5, 0.6) is 11.5 Å². The van der Waals surface area contributed by atoms with Crippen LogP contribution in [0.25, 0.3) is 0 Å². The van der Waals surface area contributed by atoms with E-state index in [1.165, 1.54) is 6.92 Å². The molecule has 0 amide bonds. The molecule has 0 unspecified atom stereocenters. The Morgan fingerprint density at radius 2 is 1.83 bits per heavy atom. The number of ketones is 1. The summed E-state index contributed by atoms with van der Waals surface area (Å²) in [6.45, 7) is 1.76. The van der Waals surface area contributed by atoms with E-state index in [1.54, 1.807) is 24.3 Å². The summed E-state index contributed by atoms with van der Waals surface area (Å²) in [5, 5.41) is 0. The Bertz CT molecular complexity index is 728. The summed E-state index contributed by atoms with van der Waals surface area (Å²) in [4.78, 5) is 23.6. The minimum atomic E-state index is -0.605. The third-order valence-electron chi connectivity index (χ3n) is 3.76. The van der Waals surface area contributed by atoms with Gasteiger partial charge in [0.2, 0.25) is 0 Å². The zero-order chi connectivity index (χ0) is 16.9. The van der Waals surface area contributed by atoms with E-state index in [4.69, 9.17) is 14.2 Å². The van der Waals surface area contributed by atoms with Crippen LogP contribution in [0.3, 0.4) is 0 Å². The van der Waals surface area contributed by atoms with E-state index in [-0.39, 0.29) is 19.0 Å². The molecule has 0 N–H and O–H groups in total. The molecule has 1 aliphatic heterocycles. The highest BCUT2D eigenvalue weighted by molar-refractivity contribution is 5.96. The van der Waals surface area contributed by atoms with Gasteiger partial charge >= 0.3 is 5.97 Å². The molecular weight excluding hydrogens is 308 g/mol. The smallest absolute Gasteiger partial charge is 0.347 e. The summed E-state index contributed by atoms with van der Waals surface area (Å²) in [7, 11) is 0. The third-order valence-corrected chi connectivity index (χ3v) is 3.76. The summed E-state index contributed by atoms with van der Waals surface area (Å²) >= 11 is 0. The number of esters is 1. The third kappa shape index (κ3) is 3.56. The van der Waals surface area contributed by atoms with Gasteiger partial charge in [0.25, 0.3) is 0 Å². The number of fused-ring (bicyclic) bond motifs is 1. The van der Waals surface area contributed by atoms with Crippen molar-refractivity contribution in [3.8, 4) is 11.5 Å². The second-order valence-electron chi connectivity index (χ2n) is 5.49. The van der Waals surface area contributed by atoms with E-state index in [0.717, 1.165) is 11.3 Å². The summed E-state index contributed by atoms with van der Waals surface area (Å²) < 4.78 is 16.3. The molecule has 0 spiro atoms. The minimum Gasteiger partial charge on any atom is -0.489 e. The number of para-hydroxylation sites is 2. The number of carbonyl (C=O) groups excluding carboxylic acids is 2. The second-order valence-corrected chi connectivity index (χ2v) is 5.49. The van der Waals surface area contributed by atoms with Crippen LogP contribution in [-0.2, 0) is 16.0 Å². The van der Waals surface area contributed by atoms with E-state index in [0.29, 0.717) is 17.7 Å². The molecule has 0 aliphatic carbocycles. The highest BCUT2D eigenvalue weighted by Crippen LogP contribution is 2.28. The number of benzene rings is 2. The first-order chi connectivity index (χ1) is 11.6. The minimum absolute atomic E-state index is 0.0697. The van der Waals surface area contributed by atoms with Crippen LogP contribution in [0, 0.1) is 0 Å². The molecule has 0 saturated carbocycles. The van der Waals surface area contributed by atoms with Crippen molar-refractivity contribution in [2.24, 2.45) is 0 Å². The monoisotopic (exact) mass is 326 g/mol. The Morgan fingerprint density at radius 1 is 1.08 bits per heavy atom. The Labute approximate surface area is 140 Å². The molecule has 0 bridgehead atoms. The number of ether oxygens (including phenoxy) is 3. The molecule has 0 aromatic heterocycles. The van der Waals surface area contributed by atoms with Crippen molar-refractivity contribution < 1.29 is 23.8 Å². The Morgan fingerprint density at radius 3 is 2.62 bits per heavy atom. The van der Waals surface area contributed by atoms with Gasteiger partial charge in [-0.15, -0.1) is 0 Å². The lowest BCUT2D eigenvalue weighted by Crippen LogP contribution is -2.28. The van der Waals surface area contributed by atoms with Gasteiger partial charge in [-0.05, 0) is 30.7 Å².